The van der Waals surface area contributed by atoms with Crippen LogP contribution in [0.15, 0.2) is 0 Å². The van der Waals surface area contributed by atoms with Crippen molar-refractivity contribution in [2.75, 3.05) is 26.3 Å². The number of rotatable bonds is 1. The van der Waals surface area contributed by atoms with Crippen LogP contribution in [-0.2, 0) is 9.53 Å². The van der Waals surface area contributed by atoms with E-state index in [0.717, 1.165) is 19.3 Å². The third kappa shape index (κ3) is 2.16. The van der Waals surface area contributed by atoms with Gasteiger partial charge in [-0.15, -0.1) is 0 Å². The summed E-state index contributed by atoms with van der Waals surface area (Å²) in [7, 11) is 0. The molecule has 2 heterocycles. The summed E-state index contributed by atoms with van der Waals surface area (Å²) < 4.78 is 5.34. The highest BCUT2D eigenvalue weighted by molar-refractivity contribution is 5.84. The van der Waals surface area contributed by atoms with Gasteiger partial charge in [-0.2, -0.15) is 0 Å². The van der Waals surface area contributed by atoms with Crippen LogP contribution < -0.4 is 0 Å². The first-order chi connectivity index (χ1) is 9.59. The molecule has 3 rings (SSSR count). The van der Waals surface area contributed by atoms with Crippen molar-refractivity contribution >= 4 is 12.0 Å². The molecule has 112 valence electrons. The molecule has 1 N–H and O–H groups in total. The van der Waals surface area contributed by atoms with Crippen LogP contribution in [0.4, 0.5) is 4.79 Å². The smallest absolute Gasteiger partial charge is 0.326 e. The van der Waals surface area contributed by atoms with E-state index >= 15 is 0 Å². The fraction of sp³-hybridized carbons (Fsp3) is 0.857. The van der Waals surface area contributed by atoms with Crippen LogP contribution in [0, 0.1) is 11.8 Å². The topological polar surface area (TPSA) is 70.1 Å². The summed E-state index contributed by atoms with van der Waals surface area (Å²) in [6.45, 7) is 4.17. The predicted molar refractivity (Wildman–Crippen MR) is 71.3 cm³/mol. The molecule has 4 unspecified atom stereocenters. The molecule has 0 aromatic heterocycles. The number of morpholine rings is 1. The number of fused-ring (bicyclic) bond motifs is 1. The van der Waals surface area contributed by atoms with Crippen molar-refractivity contribution in [1.29, 1.82) is 0 Å². The molecule has 1 saturated carbocycles. The number of carboxylic acids is 1. The summed E-state index contributed by atoms with van der Waals surface area (Å²) in [6, 6.07) is -0.737. The second-order valence-corrected chi connectivity index (χ2v) is 6.19. The van der Waals surface area contributed by atoms with Crippen LogP contribution in [0.1, 0.15) is 26.2 Å². The number of hydrogen-bond acceptors (Lipinski definition) is 3. The highest BCUT2D eigenvalue weighted by Gasteiger charge is 2.50. The molecule has 2 amide bonds. The van der Waals surface area contributed by atoms with E-state index < -0.39 is 12.0 Å². The van der Waals surface area contributed by atoms with Crippen LogP contribution >= 0.6 is 0 Å². The van der Waals surface area contributed by atoms with E-state index in [1.807, 2.05) is 6.92 Å². The van der Waals surface area contributed by atoms with Gasteiger partial charge in [0.25, 0.3) is 0 Å². The Kier molecular flexibility index (Phi) is 3.58. The van der Waals surface area contributed by atoms with Crippen molar-refractivity contribution in [1.82, 2.24) is 9.80 Å². The first kappa shape index (κ1) is 13.7. The first-order valence-corrected chi connectivity index (χ1v) is 7.47. The van der Waals surface area contributed by atoms with Gasteiger partial charge in [0, 0.05) is 13.1 Å². The molecule has 2 saturated heterocycles. The maximum atomic E-state index is 12.7. The van der Waals surface area contributed by atoms with Gasteiger partial charge in [0.05, 0.1) is 19.3 Å². The zero-order valence-corrected chi connectivity index (χ0v) is 11.8. The number of carbonyl (C=O) groups is 2. The minimum Gasteiger partial charge on any atom is -0.480 e. The van der Waals surface area contributed by atoms with Crippen molar-refractivity contribution < 1.29 is 19.4 Å². The summed E-state index contributed by atoms with van der Waals surface area (Å²) in [5.74, 6) is -0.335. The average Bonchev–Trinajstić information content (AvgIpc) is 2.97. The maximum absolute atomic E-state index is 12.7. The van der Waals surface area contributed by atoms with Crippen molar-refractivity contribution in [2.45, 2.75) is 38.3 Å². The van der Waals surface area contributed by atoms with E-state index in [0.29, 0.717) is 32.2 Å². The largest absolute Gasteiger partial charge is 0.480 e. The van der Waals surface area contributed by atoms with Crippen LogP contribution in [0.3, 0.4) is 0 Å². The third-order valence-electron chi connectivity index (χ3n) is 5.00. The number of aliphatic carboxylic acids is 1. The maximum Gasteiger partial charge on any atom is 0.326 e. The molecule has 6 heteroatoms. The van der Waals surface area contributed by atoms with Gasteiger partial charge in [0.1, 0.15) is 6.04 Å². The second kappa shape index (κ2) is 5.24. The van der Waals surface area contributed by atoms with Gasteiger partial charge in [-0.25, -0.2) is 9.59 Å². The summed E-state index contributed by atoms with van der Waals surface area (Å²) in [6.07, 6.45) is 3.08. The van der Waals surface area contributed by atoms with E-state index in [2.05, 4.69) is 0 Å². The SMILES string of the molecule is CC1COCCN1C(=O)N1CC2CCCC2C1C(=O)O. The Morgan fingerprint density at radius 2 is 2.05 bits per heavy atom. The molecular weight excluding hydrogens is 260 g/mol. The first-order valence-electron chi connectivity index (χ1n) is 7.47. The minimum atomic E-state index is -0.853. The highest BCUT2D eigenvalue weighted by Crippen LogP contribution is 2.42. The van der Waals surface area contributed by atoms with Gasteiger partial charge < -0.3 is 19.6 Å². The normalized spacial score (nSPS) is 37.0. The monoisotopic (exact) mass is 282 g/mol. The second-order valence-electron chi connectivity index (χ2n) is 6.19. The lowest BCUT2D eigenvalue weighted by atomic mass is 9.94. The average molecular weight is 282 g/mol. The summed E-state index contributed by atoms with van der Waals surface area (Å²) in [4.78, 5) is 27.6. The molecule has 0 radical (unpaired) electrons. The number of ether oxygens (including phenoxy) is 1. The zero-order valence-electron chi connectivity index (χ0n) is 11.8. The number of amides is 2. The summed E-state index contributed by atoms with van der Waals surface area (Å²) in [5, 5.41) is 9.51. The van der Waals surface area contributed by atoms with Gasteiger partial charge in [-0.1, -0.05) is 6.42 Å². The van der Waals surface area contributed by atoms with Crippen LogP contribution in [0.5, 0.6) is 0 Å². The van der Waals surface area contributed by atoms with E-state index in [1.54, 1.807) is 9.80 Å². The Labute approximate surface area is 118 Å². The molecule has 3 aliphatic rings. The van der Waals surface area contributed by atoms with Gasteiger partial charge in [-0.3, -0.25) is 0 Å². The van der Waals surface area contributed by atoms with Gasteiger partial charge in [-0.05, 0) is 31.6 Å². The predicted octanol–water partition coefficient (Wildman–Crippen LogP) is 1.01. The molecule has 4 atom stereocenters. The number of hydrogen-bond donors (Lipinski definition) is 1. The third-order valence-corrected chi connectivity index (χ3v) is 5.00. The molecule has 0 spiro atoms. The van der Waals surface area contributed by atoms with Gasteiger partial charge in [0.2, 0.25) is 0 Å². The van der Waals surface area contributed by atoms with E-state index in [4.69, 9.17) is 4.74 Å². The van der Waals surface area contributed by atoms with Crippen molar-refractivity contribution in [3.05, 3.63) is 0 Å². The Balaban J connectivity index is 1.78. The number of nitrogens with zero attached hydrogens (tertiary/aromatic N) is 2. The Hall–Kier alpha value is -1.30. The van der Waals surface area contributed by atoms with Crippen molar-refractivity contribution in [3.63, 3.8) is 0 Å². The zero-order chi connectivity index (χ0) is 14.3. The minimum absolute atomic E-state index is 0.0196. The number of likely N-dealkylation sites (tertiary alicyclic amines) is 1. The summed E-state index contributed by atoms with van der Waals surface area (Å²) >= 11 is 0. The fourth-order valence-corrected chi connectivity index (χ4v) is 4.00. The molecule has 0 aromatic carbocycles. The number of carboxylic acid groups (broad SMARTS) is 1. The van der Waals surface area contributed by atoms with Crippen molar-refractivity contribution in [2.24, 2.45) is 11.8 Å². The van der Waals surface area contributed by atoms with Crippen LogP contribution in [0.25, 0.3) is 0 Å². The Morgan fingerprint density at radius 3 is 2.75 bits per heavy atom. The van der Waals surface area contributed by atoms with Crippen LogP contribution in [-0.4, -0.2) is 65.3 Å². The quantitative estimate of drug-likeness (QED) is 0.779. The Morgan fingerprint density at radius 1 is 1.25 bits per heavy atom. The fourth-order valence-electron chi connectivity index (χ4n) is 4.00. The van der Waals surface area contributed by atoms with E-state index in [1.165, 1.54) is 0 Å². The molecule has 1 aliphatic carbocycles. The summed E-state index contributed by atoms with van der Waals surface area (Å²) in [5.41, 5.74) is 0. The molecular formula is C14H22N2O4. The molecule has 3 fully saturated rings. The molecule has 2 aliphatic heterocycles. The highest BCUT2D eigenvalue weighted by atomic mass is 16.5. The van der Waals surface area contributed by atoms with Gasteiger partial charge in [0.15, 0.2) is 0 Å². The number of carbonyl (C=O) groups excluding carboxylic acids is 1. The number of urea groups is 1. The van der Waals surface area contributed by atoms with Crippen LogP contribution in [0.2, 0.25) is 0 Å². The Bertz CT molecular complexity index is 414. The van der Waals surface area contributed by atoms with Gasteiger partial charge >= 0.3 is 12.0 Å². The lowest BCUT2D eigenvalue weighted by Crippen LogP contribution is -2.55. The lowest BCUT2D eigenvalue weighted by molar-refractivity contribution is -0.142. The molecule has 6 nitrogen and oxygen atoms in total. The van der Waals surface area contributed by atoms with E-state index in [-0.39, 0.29) is 18.0 Å². The van der Waals surface area contributed by atoms with E-state index in [9.17, 15) is 14.7 Å². The van der Waals surface area contributed by atoms with Crippen molar-refractivity contribution in [3.8, 4) is 0 Å². The standard InChI is InChI=1S/C14H22N2O4/c1-9-8-20-6-5-15(9)14(19)16-7-10-3-2-4-11(10)12(16)13(17)18/h9-12H,2-8H2,1H3,(H,17,18). The molecule has 20 heavy (non-hydrogen) atoms. The lowest BCUT2D eigenvalue weighted by Gasteiger charge is -2.37. The molecule has 0 bridgehead atoms. The molecule has 0 aromatic rings.